The van der Waals surface area contributed by atoms with Gasteiger partial charge < -0.3 is 14.2 Å². The molecular weight excluding hydrogens is 344 g/mol. The molecule has 1 unspecified atom stereocenters. The van der Waals surface area contributed by atoms with E-state index >= 15 is 0 Å². The highest BCUT2D eigenvalue weighted by molar-refractivity contribution is 5.54. The summed E-state index contributed by atoms with van der Waals surface area (Å²) in [6.45, 7) is 4.47. The largest absolute Gasteiger partial charge is 0.378 e. The van der Waals surface area contributed by atoms with Gasteiger partial charge in [0.05, 0.1) is 19.1 Å². The van der Waals surface area contributed by atoms with Crippen LogP contribution in [0.5, 0.6) is 0 Å². The van der Waals surface area contributed by atoms with Crippen molar-refractivity contribution in [1.29, 1.82) is 0 Å². The Bertz CT molecular complexity index is 776. The minimum atomic E-state index is -2.79. The molecule has 26 heavy (non-hydrogen) atoms. The zero-order valence-corrected chi connectivity index (χ0v) is 14.6. The van der Waals surface area contributed by atoms with Gasteiger partial charge in [0.1, 0.15) is 5.69 Å². The van der Waals surface area contributed by atoms with Crippen LogP contribution in [0.2, 0.25) is 0 Å². The molecule has 2 aliphatic rings. The maximum absolute atomic E-state index is 14.2. The summed E-state index contributed by atoms with van der Waals surface area (Å²) in [6.07, 6.45) is 3.20. The average molecular weight is 365 g/mol. The van der Waals surface area contributed by atoms with Crippen molar-refractivity contribution in [1.82, 2.24) is 20.1 Å². The van der Waals surface area contributed by atoms with Crippen LogP contribution in [-0.4, -0.2) is 52.3 Å². The summed E-state index contributed by atoms with van der Waals surface area (Å²) in [5.74, 6) is -3.00. The van der Waals surface area contributed by atoms with Crippen LogP contribution in [-0.2, 0) is 4.74 Å². The van der Waals surface area contributed by atoms with Crippen LogP contribution in [0.3, 0.4) is 0 Å². The number of aromatic nitrogens is 4. The third-order valence-electron chi connectivity index (χ3n) is 4.97. The number of hydrogen-bond donors (Lipinski definition) is 0. The molecule has 0 N–H and O–H groups in total. The minimum absolute atomic E-state index is 0.0654. The summed E-state index contributed by atoms with van der Waals surface area (Å²) < 4.78 is 39.0. The Labute approximate surface area is 149 Å². The topological polar surface area (TPSA) is 77.2 Å². The van der Waals surface area contributed by atoms with Crippen LogP contribution in [0.1, 0.15) is 43.0 Å². The number of halogens is 2. The molecule has 0 radical (unpaired) electrons. The summed E-state index contributed by atoms with van der Waals surface area (Å²) in [7, 11) is 0. The standard InChI is InChI=1S/C17H21F2N5O2/c1-11-10-20-16(24-6-8-25-9-7-24)21-13(11)15-22-14(23-26-15)12-4-2-3-5-17(12,18)19/h10,12H,2-9H2,1H3. The molecule has 0 aromatic carbocycles. The first-order valence-corrected chi connectivity index (χ1v) is 8.93. The molecule has 2 aromatic heterocycles. The predicted molar refractivity (Wildman–Crippen MR) is 89.2 cm³/mol. The molecule has 0 amide bonds. The molecule has 3 heterocycles. The Morgan fingerprint density at radius 3 is 2.77 bits per heavy atom. The smallest absolute Gasteiger partial charge is 0.277 e. The van der Waals surface area contributed by atoms with Gasteiger partial charge in [0.25, 0.3) is 11.8 Å². The Morgan fingerprint density at radius 2 is 2.00 bits per heavy atom. The Morgan fingerprint density at radius 1 is 1.19 bits per heavy atom. The van der Waals surface area contributed by atoms with Gasteiger partial charge in [0, 0.05) is 25.7 Å². The van der Waals surface area contributed by atoms with Crippen molar-refractivity contribution in [3.8, 4) is 11.6 Å². The van der Waals surface area contributed by atoms with Crippen LogP contribution >= 0.6 is 0 Å². The average Bonchev–Trinajstić information content (AvgIpc) is 3.12. The molecule has 1 aliphatic heterocycles. The monoisotopic (exact) mass is 365 g/mol. The predicted octanol–water partition coefficient (Wildman–Crippen LogP) is 2.96. The van der Waals surface area contributed by atoms with Crippen LogP contribution in [0, 0.1) is 6.92 Å². The lowest BCUT2D eigenvalue weighted by molar-refractivity contribution is -0.0576. The van der Waals surface area contributed by atoms with Crippen molar-refractivity contribution in [2.45, 2.75) is 44.4 Å². The van der Waals surface area contributed by atoms with E-state index in [1.807, 2.05) is 11.8 Å². The summed E-state index contributed by atoms with van der Waals surface area (Å²) in [5, 5.41) is 3.84. The summed E-state index contributed by atoms with van der Waals surface area (Å²) in [6, 6.07) is 0. The van der Waals surface area contributed by atoms with Gasteiger partial charge in [0.2, 0.25) is 5.95 Å². The molecule has 0 spiro atoms. The molecule has 7 nitrogen and oxygen atoms in total. The third kappa shape index (κ3) is 3.27. The molecule has 1 aliphatic carbocycles. The molecule has 2 aromatic rings. The highest BCUT2D eigenvalue weighted by Crippen LogP contribution is 2.44. The van der Waals surface area contributed by atoms with Gasteiger partial charge in [-0.2, -0.15) is 4.98 Å². The van der Waals surface area contributed by atoms with E-state index in [0.717, 1.165) is 12.0 Å². The number of morpholine rings is 1. The van der Waals surface area contributed by atoms with Gasteiger partial charge in [0.15, 0.2) is 5.82 Å². The molecule has 2 fully saturated rings. The first kappa shape index (κ1) is 17.3. The summed E-state index contributed by atoms with van der Waals surface area (Å²) in [5.41, 5.74) is 1.24. The van der Waals surface area contributed by atoms with Gasteiger partial charge >= 0.3 is 0 Å². The first-order valence-electron chi connectivity index (χ1n) is 8.93. The van der Waals surface area contributed by atoms with Crippen molar-refractivity contribution in [2.75, 3.05) is 31.2 Å². The quantitative estimate of drug-likeness (QED) is 0.827. The van der Waals surface area contributed by atoms with E-state index in [2.05, 4.69) is 20.1 Å². The maximum atomic E-state index is 14.2. The maximum Gasteiger partial charge on any atom is 0.277 e. The number of nitrogens with zero attached hydrogens (tertiary/aromatic N) is 5. The van der Waals surface area contributed by atoms with Gasteiger partial charge in [-0.15, -0.1) is 0 Å². The highest BCUT2D eigenvalue weighted by atomic mass is 19.3. The number of aryl methyl sites for hydroxylation is 1. The van der Waals surface area contributed by atoms with Gasteiger partial charge in [-0.25, -0.2) is 18.7 Å². The lowest BCUT2D eigenvalue weighted by atomic mass is 9.85. The fraction of sp³-hybridized carbons (Fsp3) is 0.647. The van der Waals surface area contributed by atoms with E-state index in [9.17, 15) is 8.78 Å². The lowest BCUT2D eigenvalue weighted by Gasteiger charge is -2.28. The first-order chi connectivity index (χ1) is 12.5. The number of rotatable bonds is 3. The number of ether oxygens (including phenoxy) is 1. The van der Waals surface area contributed by atoms with Gasteiger partial charge in [-0.3, -0.25) is 0 Å². The van der Waals surface area contributed by atoms with Crippen LogP contribution in [0.15, 0.2) is 10.7 Å². The van der Waals surface area contributed by atoms with E-state index < -0.39 is 11.8 Å². The van der Waals surface area contributed by atoms with Gasteiger partial charge in [-0.05, 0) is 25.3 Å². The fourth-order valence-electron chi connectivity index (χ4n) is 3.45. The van der Waals surface area contributed by atoms with E-state index in [0.29, 0.717) is 50.8 Å². The lowest BCUT2D eigenvalue weighted by Crippen LogP contribution is -2.37. The molecule has 0 bridgehead atoms. The van der Waals surface area contributed by atoms with Gasteiger partial charge in [-0.1, -0.05) is 11.6 Å². The summed E-state index contributed by atoms with van der Waals surface area (Å²) >= 11 is 0. The van der Waals surface area contributed by atoms with Crippen LogP contribution < -0.4 is 4.90 Å². The van der Waals surface area contributed by atoms with Crippen molar-refractivity contribution >= 4 is 5.95 Å². The fourth-order valence-corrected chi connectivity index (χ4v) is 3.45. The van der Waals surface area contributed by atoms with Crippen LogP contribution in [0.4, 0.5) is 14.7 Å². The molecule has 140 valence electrons. The molecular formula is C17H21F2N5O2. The van der Waals surface area contributed by atoms with E-state index in [-0.39, 0.29) is 18.1 Å². The SMILES string of the molecule is Cc1cnc(N2CCOCC2)nc1-c1nc(C2CCCCC2(F)F)no1. The van der Waals surface area contributed by atoms with E-state index in [4.69, 9.17) is 9.26 Å². The van der Waals surface area contributed by atoms with E-state index in [1.54, 1.807) is 6.20 Å². The molecule has 1 saturated carbocycles. The molecule has 9 heteroatoms. The zero-order chi connectivity index (χ0) is 18.1. The third-order valence-corrected chi connectivity index (χ3v) is 4.97. The Hall–Kier alpha value is -2.16. The van der Waals surface area contributed by atoms with Crippen molar-refractivity contribution in [3.63, 3.8) is 0 Å². The number of hydrogen-bond acceptors (Lipinski definition) is 7. The number of alkyl halides is 2. The zero-order valence-electron chi connectivity index (χ0n) is 14.6. The van der Waals surface area contributed by atoms with Crippen molar-refractivity contribution < 1.29 is 18.0 Å². The molecule has 4 rings (SSSR count). The van der Waals surface area contributed by atoms with Crippen molar-refractivity contribution in [2.24, 2.45) is 0 Å². The normalized spacial score (nSPS) is 23.2. The molecule has 1 atom stereocenters. The minimum Gasteiger partial charge on any atom is -0.378 e. The second-order valence-electron chi connectivity index (χ2n) is 6.82. The second-order valence-corrected chi connectivity index (χ2v) is 6.82. The van der Waals surface area contributed by atoms with E-state index in [1.165, 1.54) is 0 Å². The van der Waals surface area contributed by atoms with Crippen molar-refractivity contribution in [3.05, 3.63) is 17.6 Å². The summed E-state index contributed by atoms with van der Waals surface area (Å²) in [4.78, 5) is 15.2. The second kappa shape index (κ2) is 6.86. The Balaban J connectivity index is 1.62. The van der Waals surface area contributed by atoms with Crippen LogP contribution in [0.25, 0.3) is 11.6 Å². The highest BCUT2D eigenvalue weighted by Gasteiger charge is 2.45. The Kier molecular flexibility index (Phi) is 4.56. The molecule has 1 saturated heterocycles. The number of anilines is 1.